The number of carbonyl (C=O) groups is 1. The molecule has 0 aromatic rings. The van der Waals surface area contributed by atoms with Gasteiger partial charge in [-0.1, -0.05) is 27.7 Å². The predicted octanol–water partition coefficient (Wildman–Crippen LogP) is 3.68. The van der Waals surface area contributed by atoms with Gasteiger partial charge in [0.05, 0.1) is 6.10 Å². The fraction of sp³-hybridized carbons (Fsp3) is 0.923. The zero-order chi connectivity index (χ0) is 12.7. The van der Waals surface area contributed by atoms with E-state index in [1.165, 1.54) is 0 Å². The zero-order valence-electron chi connectivity index (χ0n) is 11.6. The van der Waals surface area contributed by atoms with E-state index in [1.54, 1.807) is 0 Å². The molecule has 0 aliphatic rings. The second kappa shape index (κ2) is 7.53. The Hall–Kier alpha value is -0.730. The van der Waals surface area contributed by atoms with Gasteiger partial charge in [0.25, 0.3) is 0 Å². The number of nitrogens with zero attached hydrogens (tertiary/aromatic N) is 1. The molecule has 0 unspecified atom stereocenters. The Bertz CT molecular complexity index is 198. The number of hydrogen-bond donors (Lipinski definition) is 0. The summed E-state index contributed by atoms with van der Waals surface area (Å²) < 4.78 is 5.28. The lowest BCUT2D eigenvalue weighted by atomic mass is 10.1. The first-order valence-corrected chi connectivity index (χ1v) is 6.39. The Labute approximate surface area is 100 Å². The highest BCUT2D eigenvalue weighted by Crippen LogP contribution is 2.13. The minimum atomic E-state index is -0.169. The second-order valence-electron chi connectivity index (χ2n) is 4.95. The summed E-state index contributed by atoms with van der Waals surface area (Å²) in [5, 5.41) is 0. The van der Waals surface area contributed by atoms with Crippen molar-refractivity contribution in [2.24, 2.45) is 5.92 Å². The molecule has 0 aliphatic heterocycles. The van der Waals surface area contributed by atoms with Crippen molar-refractivity contribution in [3.8, 4) is 0 Å². The van der Waals surface area contributed by atoms with Crippen LogP contribution in [-0.4, -0.2) is 29.7 Å². The molecule has 3 heteroatoms. The highest BCUT2D eigenvalue weighted by atomic mass is 16.6. The summed E-state index contributed by atoms with van der Waals surface area (Å²) >= 11 is 0. The zero-order valence-corrected chi connectivity index (χ0v) is 11.6. The van der Waals surface area contributed by atoms with Gasteiger partial charge in [0.1, 0.15) is 0 Å². The molecule has 16 heavy (non-hydrogen) atoms. The number of ether oxygens (including phenoxy) is 1. The first kappa shape index (κ1) is 15.3. The number of hydrogen-bond acceptors (Lipinski definition) is 2. The van der Waals surface area contributed by atoms with Gasteiger partial charge in [-0.3, -0.25) is 0 Å². The van der Waals surface area contributed by atoms with Crippen molar-refractivity contribution in [1.82, 2.24) is 4.90 Å². The van der Waals surface area contributed by atoms with Gasteiger partial charge >= 0.3 is 6.09 Å². The van der Waals surface area contributed by atoms with E-state index in [9.17, 15) is 4.79 Å². The molecule has 0 aromatic heterocycles. The number of amides is 1. The van der Waals surface area contributed by atoms with Crippen molar-refractivity contribution >= 4 is 6.09 Å². The Kier molecular flexibility index (Phi) is 7.18. The minimum absolute atomic E-state index is 0.0449. The van der Waals surface area contributed by atoms with E-state index in [4.69, 9.17) is 4.74 Å². The summed E-state index contributed by atoms with van der Waals surface area (Å²) in [6.45, 7) is 13.0. The molecular formula is C13H27NO2. The van der Waals surface area contributed by atoms with E-state index in [0.29, 0.717) is 12.0 Å². The average Bonchev–Trinajstić information content (AvgIpc) is 2.16. The molecule has 0 aromatic carbocycles. The highest BCUT2D eigenvalue weighted by Gasteiger charge is 2.23. The van der Waals surface area contributed by atoms with Gasteiger partial charge in [-0.25, -0.2) is 4.79 Å². The van der Waals surface area contributed by atoms with Crippen molar-refractivity contribution in [3.05, 3.63) is 0 Å². The van der Waals surface area contributed by atoms with Crippen molar-refractivity contribution < 1.29 is 9.53 Å². The molecule has 1 amide bonds. The van der Waals surface area contributed by atoms with Gasteiger partial charge in [-0.15, -0.1) is 0 Å². The first-order valence-electron chi connectivity index (χ1n) is 6.39. The lowest BCUT2D eigenvalue weighted by Gasteiger charge is -2.31. The molecule has 0 bridgehead atoms. The van der Waals surface area contributed by atoms with E-state index < -0.39 is 0 Å². The second-order valence-corrected chi connectivity index (χ2v) is 4.95. The van der Waals surface area contributed by atoms with Crippen LogP contribution in [0.1, 0.15) is 54.4 Å². The summed E-state index contributed by atoms with van der Waals surface area (Å²) in [6, 6.07) is 0.300. The van der Waals surface area contributed by atoms with E-state index in [0.717, 1.165) is 19.4 Å². The van der Waals surface area contributed by atoms with Crippen LogP contribution in [-0.2, 0) is 4.74 Å². The quantitative estimate of drug-likeness (QED) is 0.695. The molecule has 0 spiro atoms. The molecule has 0 fully saturated rings. The molecule has 0 rings (SSSR count). The van der Waals surface area contributed by atoms with Gasteiger partial charge < -0.3 is 9.64 Å². The smallest absolute Gasteiger partial charge is 0.410 e. The van der Waals surface area contributed by atoms with Gasteiger partial charge in [-0.05, 0) is 32.6 Å². The summed E-state index contributed by atoms with van der Waals surface area (Å²) in [6.07, 6.45) is 1.75. The SMILES string of the molecule is CCC(CC)N(CC(C)C)C(=O)OC(C)C. The normalized spacial score (nSPS) is 11.3. The Morgan fingerprint density at radius 2 is 1.62 bits per heavy atom. The molecular weight excluding hydrogens is 202 g/mol. The largest absolute Gasteiger partial charge is 0.447 e. The van der Waals surface area contributed by atoms with Crippen molar-refractivity contribution in [3.63, 3.8) is 0 Å². The molecule has 0 heterocycles. The third kappa shape index (κ3) is 5.38. The van der Waals surface area contributed by atoms with Crippen LogP contribution >= 0.6 is 0 Å². The number of carbonyl (C=O) groups excluding carboxylic acids is 1. The molecule has 3 nitrogen and oxygen atoms in total. The summed E-state index contributed by atoms with van der Waals surface area (Å²) in [4.78, 5) is 13.8. The molecule has 96 valence electrons. The van der Waals surface area contributed by atoms with E-state index in [1.807, 2.05) is 18.7 Å². The van der Waals surface area contributed by atoms with Crippen LogP contribution in [0.25, 0.3) is 0 Å². The fourth-order valence-corrected chi connectivity index (χ4v) is 1.76. The summed E-state index contributed by atoms with van der Waals surface area (Å²) in [5.41, 5.74) is 0. The standard InChI is InChI=1S/C13H27NO2/c1-7-12(8-2)14(9-10(3)4)13(15)16-11(5)6/h10-12H,7-9H2,1-6H3. The van der Waals surface area contributed by atoms with E-state index >= 15 is 0 Å². The topological polar surface area (TPSA) is 29.5 Å². The number of rotatable bonds is 6. The van der Waals surface area contributed by atoms with Crippen molar-refractivity contribution in [2.45, 2.75) is 66.5 Å². The average molecular weight is 229 g/mol. The third-order valence-corrected chi connectivity index (χ3v) is 2.52. The molecule has 0 atom stereocenters. The van der Waals surface area contributed by atoms with Gasteiger partial charge in [-0.2, -0.15) is 0 Å². The third-order valence-electron chi connectivity index (χ3n) is 2.52. The molecule has 0 radical (unpaired) electrons. The van der Waals surface area contributed by atoms with Crippen LogP contribution in [0, 0.1) is 5.92 Å². The van der Waals surface area contributed by atoms with E-state index in [-0.39, 0.29) is 12.2 Å². The predicted molar refractivity (Wildman–Crippen MR) is 67.5 cm³/mol. The molecule has 0 saturated heterocycles. The monoisotopic (exact) mass is 229 g/mol. The van der Waals surface area contributed by atoms with Crippen LogP contribution in [0.3, 0.4) is 0 Å². The Morgan fingerprint density at radius 1 is 1.12 bits per heavy atom. The van der Waals surface area contributed by atoms with Gasteiger partial charge in [0, 0.05) is 12.6 Å². The maximum Gasteiger partial charge on any atom is 0.410 e. The van der Waals surface area contributed by atoms with Crippen LogP contribution in [0.4, 0.5) is 4.79 Å². The van der Waals surface area contributed by atoms with Gasteiger partial charge in [0.15, 0.2) is 0 Å². The van der Waals surface area contributed by atoms with Crippen LogP contribution in [0.5, 0.6) is 0 Å². The van der Waals surface area contributed by atoms with Crippen LogP contribution < -0.4 is 0 Å². The summed E-state index contributed by atoms with van der Waals surface area (Å²) in [5.74, 6) is 0.473. The van der Waals surface area contributed by atoms with Crippen molar-refractivity contribution in [2.75, 3.05) is 6.54 Å². The molecule has 0 saturated carbocycles. The Morgan fingerprint density at radius 3 is 1.94 bits per heavy atom. The van der Waals surface area contributed by atoms with E-state index in [2.05, 4.69) is 27.7 Å². The molecule has 0 aliphatic carbocycles. The minimum Gasteiger partial charge on any atom is -0.447 e. The fourth-order valence-electron chi connectivity index (χ4n) is 1.76. The lowest BCUT2D eigenvalue weighted by molar-refractivity contribution is 0.0571. The lowest BCUT2D eigenvalue weighted by Crippen LogP contribution is -2.43. The molecule has 0 N–H and O–H groups in total. The first-order chi connectivity index (χ1) is 7.42. The van der Waals surface area contributed by atoms with Crippen LogP contribution in [0.2, 0.25) is 0 Å². The summed E-state index contributed by atoms with van der Waals surface area (Å²) in [7, 11) is 0. The van der Waals surface area contributed by atoms with Gasteiger partial charge in [0.2, 0.25) is 0 Å². The Balaban J connectivity index is 4.57. The maximum absolute atomic E-state index is 12.0. The maximum atomic E-state index is 12.0. The van der Waals surface area contributed by atoms with Crippen LogP contribution in [0.15, 0.2) is 0 Å². The highest BCUT2D eigenvalue weighted by molar-refractivity contribution is 5.68. The van der Waals surface area contributed by atoms with Crippen molar-refractivity contribution in [1.29, 1.82) is 0 Å².